The maximum Gasteiger partial charge on any atom is 0.327 e. The van der Waals surface area contributed by atoms with Gasteiger partial charge in [-0.2, -0.15) is 8.78 Å². The molecule has 0 nitrogen and oxygen atoms in total. The zero-order valence-electron chi connectivity index (χ0n) is 8.15. The van der Waals surface area contributed by atoms with Gasteiger partial charge in [0, 0.05) is 0 Å². The first-order valence-corrected chi connectivity index (χ1v) is 4.76. The summed E-state index contributed by atoms with van der Waals surface area (Å²) in [6.07, 6.45) is -3.86. The molecule has 0 radical (unpaired) electrons. The summed E-state index contributed by atoms with van der Waals surface area (Å²) in [6, 6.07) is 2.92. The SMILES string of the molecule is Cc1cc(C(Cl)C(F)(F)C(F)F)ccc1F. The second-order valence-corrected chi connectivity index (χ2v) is 3.78. The zero-order chi connectivity index (χ0) is 12.5. The lowest BCUT2D eigenvalue weighted by molar-refractivity contribution is -0.130. The van der Waals surface area contributed by atoms with Gasteiger partial charge >= 0.3 is 12.3 Å². The molecule has 0 N–H and O–H groups in total. The van der Waals surface area contributed by atoms with Gasteiger partial charge in [-0.3, -0.25) is 0 Å². The lowest BCUT2D eigenvalue weighted by atomic mass is 10.0. The van der Waals surface area contributed by atoms with Crippen molar-refractivity contribution in [2.24, 2.45) is 0 Å². The molecule has 0 aromatic heterocycles. The van der Waals surface area contributed by atoms with E-state index in [-0.39, 0.29) is 11.1 Å². The minimum Gasteiger partial charge on any atom is -0.207 e. The molecule has 0 aliphatic carbocycles. The van der Waals surface area contributed by atoms with Crippen molar-refractivity contribution in [3.05, 3.63) is 35.1 Å². The Labute approximate surface area is 94.0 Å². The van der Waals surface area contributed by atoms with Gasteiger partial charge in [0.15, 0.2) is 0 Å². The predicted molar refractivity (Wildman–Crippen MR) is 50.7 cm³/mol. The highest BCUT2D eigenvalue weighted by Gasteiger charge is 2.48. The third-order valence-corrected chi connectivity index (χ3v) is 2.65. The molecule has 6 heteroatoms. The minimum atomic E-state index is -4.34. The maximum absolute atomic E-state index is 12.9. The molecular weight excluding hydrogens is 251 g/mol. The summed E-state index contributed by atoms with van der Waals surface area (Å²) in [7, 11) is 0. The van der Waals surface area contributed by atoms with Crippen LogP contribution in [0.1, 0.15) is 16.5 Å². The Morgan fingerprint density at radius 3 is 2.25 bits per heavy atom. The number of halogens is 6. The Kier molecular flexibility index (Phi) is 3.78. The van der Waals surface area contributed by atoms with Gasteiger partial charge in [-0.25, -0.2) is 13.2 Å². The first-order valence-electron chi connectivity index (χ1n) is 4.33. The standard InChI is InChI=1S/C10H8ClF5/c1-5-4-6(2-3-7(5)12)8(11)10(15,16)9(13)14/h2-4,8-9H,1H3. The molecule has 0 aliphatic rings. The summed E-state index contributed by atoms with van der Waals surface area (Å²) in [4.78, 5) is 0. The summed E-state index contributed by atoms with van der Waals surface area (Å²) < 4.78 is 62.6. The van der Waals surface area contributed by atoms with Crippen molar-refractivity contribution in [3.63, 3.8) is 0 Å². The van der Waals surface area contributed by atoms with Crippen LogP contribution in [0.2, 0.25) is 0 Å². The normalized spacial score (nSPS) is 14.2. The Hall–Kier alpha value is -0.840. The molecule has 1 rings (SSSR count). The third-order valence-electron chi connectivity index (χ3n) is 2.10. The van der Waals surface area contributed by atoms with E-state index in [1.807, 2.05) is 0 Å². The van der Waals surface area contributed by atoms with Crippen LogP contribution in [0.4, 0.5) is 22.0 Å². The summed E-state index contributed by atoms with van der Waals surface area (Å²) in [5.41, 5.74) is -0.154. The monoisotopic (exact) mass is 258 g/mol. The van der Waals surface area contributed by atoms with Gasteiger partial charge in [-0.1, -0.05) is 12.1 Å². The highest BCUT2D eigenvalue weighted by Crippen LogP contribution is 2.41. The van der Waals surface area contributed by atoms with Gasteiger partial charge in [0.1, 0.15) is 11.2 Å². The van der Waals surface area contributed by atoms with E-state index in [1.165, 1.54) is 6.92 Å². The molecule has 0 saturated carbocycles. The van der Waals surface area contributed by atoms with Crippen LogP contribution in [0.15, 0.2) is 18.2 Å². The predicted octanol–water partition coefficient (Wildman–Crippen LogP) is 4.31. The molecule has 1 unspecified atom stereocenters. The molecule has 0 aliphatic heterocycles. The van der Waals surface area contributed by atoms with E-state index in [0.717, 1.165) is 18.2 Å². The second-order valence-electron chi connectivity index (χ2n) is 3.35. The number of hydrogen-bond acceptors (Lipinski definition) is 0. The van der Waals surface area contributed by atoms with Gasteiger partial charge in [-0.05, 0) is 24.1 Å². The summed E-state index contributed by atoms with van der Waals surface area (Å²) >= 11 is 5.26. The molecule has 0 heterocycles. The zero-order valence-corrected chi connectivity index (χ0v) is 8.91. The van der Waals surface area contributed by atoms with Gasteiger partial charge < -0.3 is 0 Å². The molecule has 0 fully saturated rings. The van der Waals surface area contributed by atoms with Crippen LogP contribution in [0.5, 0.6) is 0 Å². The van der Waals surface area contributed by atoms with Gasteiger partial charge in [0.05, 0.1) is 0 Å². The quantitative estimate of drug-likeness (QED) is 0.560. The molecule has 1 aromatic rings. The minimum absolute atomic E-state index is 0.0771. The van der Waals surface area contributed by atoms with E-state index in [4.69, 9.17) is 11.6 Å². The average molecular weight is 259 g/mol. The van der Waals surface area contributed by atoms with Gasteiger partial charge in [0.2, 0.25) is 0 Å². The van der Waals surface area contributed by atoms with E-state index in [1.54, 1.807) is 0 Å². The van der Waals surface area contributed by atoms with Crippen LogP contribution in [0, 0.1) is 12.7 Å². The van der Waals surface area contributed by atoms with Crippen molar-refractivity contribution in [1.29, 1.82) is 0 Å². The number of hydrogen-bond donors (Lipinski definition) is 0. The number of aryl methyl sites for hydroxylation is 1. The van der Waals surface area contributed by atoms with E-state index in [0.29, 0.717) is 0 Å². The van der Waals surface area contributed by atoms with Crippen LogP contribution < -0.4 is 0 Å². The maximum atomic E-state index is 12.9. The van der Waals surface area contributed by atoms with Crippen molar-refractivity contribution in [3.8, 4) is 0 Å². The highest BCUT2D eigenvalue weighted by molar-refractivity contribution is 6.21. The lowest BCUT2D eigenvalue weighted by Crippen LogP contribution is -2.31. The van der Waals surface area contributed by atoms with Crippen molar-refractivity contribution >= 4 is 11.6 Å². The fraction of sp³-hybridized carbons (Fsp3) is 0.400. The van der Waals surface area contributed by atoms with Crippen LogP contribution in [0.25, 0.3) is 0 Å². The van der Waals surface area contributed by atoms with Crippen LogP contribution in [-0.2, 0) is 0 Å². The highest BCUT2D eigenvalue weighted by atomic mass is 35.5. The first kappa shape index (κ1) is 13.2. The summed E-state index contributed by atoms with van der Waals surface area (Å²) in [6.45, 7) is 1.34. The molecular formula is C10H8ClF5. The Bertz CT molecular complexity index is 377. The van der Waals surface area contributed by atoms with Crippen LogP contribution in [-0.4, -0.2) is 12.3 Å². The third kappa shape index (κ3) is 2.45. The Morgan fingerprint density at radius 2 is 1.81 bits per heavy atom. The topological polar surface area (TPSA) is 0 Å². The van der Waals surface area contributed by atoms with Gasteiger partial charge in [-0.15, -0.1) is 11.6 Å². The summed E-state index contributed by atoms with van der Waals surface area (Å²) in [5.74, 6) is -4.95. The van der Waals surface area contributed by atoms with Crippen LogP contribution >= 0.6 is 11.6 Å². The van der Waals surface area contributed by atoms with E-state index < -0.39 is 23.5 Å². The fourth-order valence-electron chi connectivity index (χ4n) is 1.16. The fourth-order valence-corrected chi connectivity index (χ4v) is 1.39. The number of alkyl halides is 5. The molecule has 1 aromatic carbocycles. The number of benzene rings is 1. The average Bonchev–Trinajstić information content (AvgIpc) is 2.20. The van der Waals surface area contributed by atoms with Crippen molar-refractivity contribution in [1.82, 2.24) is 0 Å². The molecule has 0 amide bonds. The second kappa shape index (κ2) is 4.57. The Balaban J connectivity index is 3.05. The lowest BCUT2D eigenvalue weighted by Gasteiger charge is -2.21. The largest absolute Gasteiger partial charge is 0.327 e. The van der Waals surface area contributed by atoms with Crippen molar-refractivity contribution in [2.45, 2.75) is 24.6 Å². The molecule has 16 heavy (non-hydrogen) atoms. The van der Waals surface area contributed by atoms with E-state index in [9.17, 15) is 22.0 Å². The first-order chi connectivity index (χ1) is 7.26. The Morgan fingerprint density at radius 1 is 1.25 bits per heavy atom. The van der Waals surface area contributed by atoms with Crippen molar-refractivity contribution < 1.29 is 22.0 Å². The van der Waals surface area contributed by atoms with Crippen LogP contribution in [0.3, 0.4) is 0 Å². The molecule has 0 bridgehead atoms. The van der Waals surface area contributed by atoms with Crippen molar-refractivity contribution in [2.75, 3.05) is 0 Å². The summed E-state index contributed by atoms with van der Waals surface area (Å²) in [5, 5.41) is -2.17. The van der Waals surface area contributed by atoms with Gasteiger partial charge in [0.25, 0.3) is 0 Å². The molecule has 1 atom stereocenters. The van der Waals surface area contributed by atoms with E-state index in [2.05, 4.69) is 0 Å². The number of rotatable bonds is 3. The molecule has 0 spiro atoms. The molecule has 90 valence electrons. The van der Waals surface area contributed by atoms with E-state index >= 15 is 0 Å². The molecule has 0 saturated heterocycles. The smallest absolute Gasteiger partial charge is 0.207 e.